The van der Waals surface area contributed by atoms with Crippen LogP contribution in [0.4, 0.5) is 5.69 Å². The molecule has 0 spiro atoms. The quantitative estimate of drug-likeness (QED) is 0.946. The number of hydrogen-bond donors (Lipinski definition) is 1. The lowest BCUT2D eigenvalue weighted by Gasteiger charge is -2.28. The van der Waals surface area contributed by atoms with E-state index in [1.54, 1.807) is 24.0 Å². The molecular formula is C17H17NO4. The Morgan fingerprint density at radius 2 is 2.09 bits per heavy atom. The van der Waals surface area contributed by atoms with Gasteiger partial charge in [-0.1, -0.05) is 0 Å². The molecule has 0 atom stereocenters. The number of rotatable bonds is 3. The number of carboxylic acids is 1. The van der Waals surface area contributed by atoms with Gasteiger partial charge in [0.2, 0.25) is 5.91 Å². The fourth-order valence-electron chi connectivity index (χ4n) is 2.85. The predicted octanol–water partition coefficient (Wildman–Crippen LogP) is 2.87. The van der Waals surface area contributed by atoms with Crippen molar-refractivity contribution in [3.05, 3.63) is 41.7 Å². The summed E-state index contributed by atoms with van der Waals surface area (Å²) in [6.45, 7) is 2.33. The molecule has 1 N–H and O–H groups in total. The van der Waals surface area contributed by atoms with E-state index in [0.29, 0.717) is 11.5 Å². The van der Waals surface area contributed by atoms with Gasteiger partial charge in [0, 0.05) is 24.7 Å². The van der Waals surface area contributed by atoms with Crippen LogP contribution in [0.2, 0.25) is 0 Å². The number of amides is 1. The minimum atomic E-state index is -0.913. The Balaban J connectivity index is 1.92. The summed E-state index contributed by atoms with van der Waals surface area (Å²) >= 11 is 0. The second-order valence-corrected chi connectivity index (χ2v) is 5.45. The molecule has 0 bridgehead atoms. The fraction of sp³-hybridized carbons (Fsp3) is 0.294. The van der Waals surface area contributed by atoms with Crippen molar-refractivity contribution in [1.82, 2.24) is 0 Å². The molecule has 0 radical (unpaired) electrons. The third kappa shape index (κ3) is 2.74. The van der Waals surface area contributed by atoms with Gasteiger partial charge in [-0.15, -0.1) is 0 Å². The number of fused-ring (bicyclic) bond motifs is 1. The standard InChI is InChI=1S/C17H17NO4/c1-11(19)18-8-2-3-12-9-13(4-6-15(12)18)16-7-5-14(22-16)10-17(20)21/h4-7,9H,2-3,8,10H2,1H3,(H,20,21). The minimum absolute atomic E-state index is 0.0513. The summed E-state index contributed by atoms with van der Waals surface area (Å²) in [4.78, 5) is 24.2. The van der Waals surface area contributed by atoms with Crippen molar-refractivity contribution in [2.45, 2.75) is 26.2 Å². The van der Waals surface area contributed by atoms with Crippen LogP contribution in [-0.4, -0.2) is 23.5 Å². The Morgan fingerprint density at radius 1 is 1.27 bits per heavy atom. The zero-order valence-corrected chi connectivity index (χ0v) is 12.3. The van der Waals surface area contributed by atoms with Gasteiger partial charge in [0.05, 0.1) is 0 Å². The van der Waals surface area contributed by atoms with E-state index in [-0.39, 0.29) is 12.3 Å². The minimum Gasteiger partial charge on any atom is -0.481 e. The van der Waals surface area contributed by atoms with Crippen LogP contribution in [0.1, 0.15) is 24.7 Å². The van der Waals surface area contributed by atoms with E-state index in [2.05, 4.69) is 0 Å². The van der Waals surface area contributed by atoms with Crippen LogP contribution in [0.15, 0.2) is 34.7 Å². The van der Waals surface area contributed by atoms with Crippen molar-refractivity contribution in [2.75, 3.05) is 11.4 Å². The first-order chi connectivity index (χ1) is 10.5. The zero-order valence-electron chi connectivity index (χ0n) is 12.3. The molecule has 1 aliphatic heterocycles. The molecule has 0 saturated heterocycles. The van der Waals surface area contributed by atoms with Crippen LogP contribution in [0.3, 0.4) is 0 Å². The number of anilines is 1. The van der Waals surface area contributed by atoms with E-state index in [9.17, 15) is 9.59 Å². The number of carbonyl (C=O) groups excluding carboxylic acids is 1. The highest BCUT2D eigenvalue weighted by atomic mass is 16.4. The smallest absolute Gasteiger partial charge is 0.311 e. The molecule has 2 heterocycles. The first-order valence-corrected chi connectivity index (χ1v) is 7.26. The van der Waals surface area contributed by atoms with Crippen molar-refractivity contribution >= 4 is 17.6 Å². The number of nitrogens with zero attached hydrogens (tertiary/aromatic N) is 1. The van der Waals surface area contributed by atoms with Gasteiger partial charge in [-0.3, -0.25) is 9.59 Å². The molecule has 0 unspecified atom stereocenters. The number of carboxylic acid groups (broad SMARTS) is 1. The van der Waals surface area contributed by atoms with Crippen LogP contribution < -0.4 is 4.90 Å². The monoisotopic (exact) mass is 299 g/mol. The third-order valence-corrected chi connectivity index (χ3v) is 3.85. The molecule has 2 aromatic rings. The molecule has 3 rings (SSSR count). The second-order valence-electron chi connectivity index (χ2n) is 5.45. The number of furan rings is 1. The Morgan fingerprint density at radius 3 is 2.82 bits per heavy atom. The van der Waals surface area contributed by atoms with Gasteiger partial charge in [0.25, 0.3) is 0 Å². The number of aryl methyl sites for hydroxylation is 1. The number of carbonyl (C=O) groups is 2. The molecule has 0 aliphatic carbocycles. The first-order valence-electron chi connectivity index (χ1n) is 7.26. The van der Waals surface area contributed by atoms with Gasteiger partial charge in [-0.05, 0) is 48.7 Å². The van der Waals surface area contributed by atoms with Crippen LogP contribution in [-0.2, 0) is 22.4 Å². The molecule has 5 heteroatoms. The molecule has 1 aromatic heterocycles. The summed E-state index contributed by atoms with van der Waals surface area (Å²) in [7, 11) is 0. The van der Waals surface area contributed by atoms with Gasteiger partial charge < -0.3 is 14.4 Å². The van der Waals surface area contributed by atoms with Gasteiger partial charge in [0.15, 0.2) is 0 Å². The maximum Gasteiger partial charge on any atom is 0.311 e. The van der Waals surface area contributed by atoms with E-state index in [1.807, 2.05) is 18.2 Å². The summed E-state index contributed by atoms with van der Waals surface area (Å²) in [5.74, 6) is 0.225. The zero-order chi connectivity index (χ0) is 15.7. The van der Waals surface area contributed by atoms with Crippen molar-refractivity contribution in [1.29, 1.82) is 0 Å². The van der Waals surface area contributed by atoms with Crippen molar-refractivity contribution in [3.63, 3.8) is 0 Å². The van der Waals surface area contributed by atoms with Crippen LogP contribution in [0.5, 0.6) is 0 Å². The van der Waals surface area contributed by atoms with E-state index in [4.69, 9.17) is 9.52 Å². The number of aliphatic carboxylic acids is 1. The van der Waals surface area contributed by atoms with Crippen molar-refractivity contribution < 1.29 is 19.1 Å². The first kappa shape index (κ1) is 14.4. The third-order valence-electron chi connectivity index (χ3n) is 3.85. The summed E-state index contributed by atoms with van der Waals surface area (Å²) in [6, 6.07) is 9.33. The van der Waals surface area contributed by atoms with Crippen molar-refractivity contribution in [3.8, 4) is 11.3 Å². The summed E-state index contributed by atoms with van der Waals surface area (Å²) < 4.78 is 5.58. The molecule has 114 valence electrons. The summed E-state index contributed by atoms with van der Waals surface area (Å²) in [5.41, 5.74) is 2.98. The Labute approximate surface area is 128 Å². The van der Waals surface area contributed by atoms with Gasteiger partial charge >= 0.3 is 5.97 Å². The summed E-state index contributed by atoms with van der Waals surface area (Å²) in [5, 5.41) is 8.79. The van der Waals surface area contributed by atoms with Crippen molar-refractivity contribution in [2.24, 2.45) is 0 Å². The Bertz CT molecular complexity index is 732. The maximum absolute atomic E-state index is 11.7. The second kappa shape index (κ2) is 5.67. The summed E-state index contributed by atoms with van der Waals surface area (Å²) in [6.07, 6.45) is 1.75. The topological polar surface area (TPSA) is 70.8 Å². The Hall–Kier alpha value is -2.56. The van der Waals surface area contributed by atoms with Gasteiger partial charge in [0.1, 0.15) is 17.9 Å². The number of benzene rings is 1. The lowest BCUT2D eigenvalue weighted by Crippen LogP contribution is -2.33. The lowest BCUT2D eigenvalue weighted by atomic mass is 9.98. The average molecular weight is 299 g/mol. The molecular weight excluding hydrogens is 282 g/mol. The highest BCUT2D eigenvalue weighted by molar-refractivity contribution is 5.93. The molecule has 5 nitrogen and oxygen atoms in total. The SMILES string of the molecule is CC(=O)N1CCCc2cc(-c3ccc(CC(=O)O)o3)ccc21. The van der Waals surface area contributed by atoms with E-state index in [1.165, 1.54) is 0 Å². The predicted molar refractivity (Wildman–Crippen MR) is 81.8 cm³/mol. The Kier molecular flexibility index (Phi) is 3.71. The normalized spacial score (nSPS) is 13.8. The number of hydrogen-bond acceptors (Lipinski definition) is 3. The van der Waals surface area contributed by atoms with Gasteiger partial charge in [-0.25, -0.2) is 0 Å². The molecule has 1 aromatic carbocycles. The fourth-order valence-corrected chi connectivity index (χ4v) is 2.85. The van der Waals surface area contributed by atoms with E-state index in [0.717, 1.165) is 36.2 Å². The largest absolute Gasteiger partial charge is 0.481 e. The lowest BCUT2D eigenvalue weighted by molar-refractivity contribution is -0.136. The van der Waals surface area contributed by atoms with E-state index < -0.39 is 5.97 Å². The van der Waals surface area contributed by atoms with E-state index >= 15 is 0 Å². The van der Waals surface area contributed by atoms with Crippen LogP contribution in [0.25, 0.3) is 11.3 Å². The highest BCUT2D eigenvalue weighted by Gasteiger charge is 2.20. The van der Waals surface area contributed by atoms with Crippen LogP contribution in [0, 0.1) is 0 Å². The molecule has 1 amide bonds. The molecule has 0 fully saturated rings. The molecule has 0 saturated carbocycles. The van der Waals surface area contributed by atoms with Crippen LogP contribution >= 0.6 is 0 Å². The average Bonchev–Trinajstić information content (AvgIpc) is 2.93. The maximum atomic E-state index is 11.7. The molecule has 1 aliphatic rings. The molecule has 22 heavy (non-hydrogen) atoms. The highest BCUT2D eigenvalue weighted by Crippen LogP contribution is 2.32. The van der Waals surface area contributed by atoms with Gasteiger partial charge in [-0.2, -0.15) is 0 Å².